The average molecular weight is 542 g/mol. The van der Waals surface area contributed by atoms with E-state index in [9.17, 15) is 0 Å². The second kappa shape index (κ2) is 18.6. The van der Waals surface area contributed by atoms with Crippen molar-refractivity contribution in [1.82, 2.24) is 9.80 Å². The molecule has 0 heterocycles. The molecule has 4 rings (SSSR count). The van der Waals surface area contributed by atoms with E-state index in [0.717, 1.165) is 52.1 Å². The fourth-order valence-corrected chi connectivity index (χ4v) is 4.24. The Morgan fingerprint density at radius 1 is 0.378 bits per heavy atom. The molecule has 0 unspecified atom stereocenters. The Morgan fingerprint density at radius 2 is 0.595 bits per heavy atom. The molecule has 37 heavy (non-hydrogen) atoms. The molecule has 0 bridgehead atoms. The van der Waals surface area contributed by atoms with E-state index in [1.165, 1.54) is 22.3 Å². The van der Waals surface area contributed by atoms with E-state index in [2.05, 4.69) is 145 Å². The molecule has 0 saturated carbocycles. The molecule has 0 aliphatic rings. The Bertz CT molecular complexity index is 884. The van der Waals surface area contributed by atoms with Gasteiger partial charge in [0.2, 0.25) is 0 Å². The molecule has 0 saturated heterocycles. The van der Waals surface area contributed by atoms with Crippen molar-refractivity contribution < 1.29 is 19.5 Å². The van der Waals surface area contributed by atoms with Gasteiger partial charge in [-0.1, -0.05) is 121 Å². The Kier molecular flexibility index (Phi) is 15.4. The molecular weight excluding hydrogens is 502 g/mol. The first-order valence-corrected chi connectivity index (χ1v) is 13.0. The van der Waals surface area contributed by atoms with Crippen molar-refractivity contribution in [2.75, 3.05) is 13.1 Å². The van der Waals surface area contributed by atoms with E-state index < -0.39 is 0 Å². The number of hydrogen-bond acceptors (Lipinski definition) is 2. The molecule has 0 fully saturated rings. The van der Waals surface area contributed by atoms with Gasteiger partial charge in [-0.05, 0) is 35.3 Å². The third kappa shape index (κ3) is 12.5. The summed E-state index contributed by atoms with van der Waals surface area (Å²) in [5.74, 6) is 0. The average Bonchev–Trinajstić information content (AvgIpc) is 2.92. The number of hydrogen-bond donors (Lipinski definition) is 0. The molecule has 0 radical (unpaired) electrons. The summed E-state index contributed by atoms with van der Waals surface area (Å²) >= 11 is 0. The van der Waals surface area contributed by atoms with E-state index in [1.54, 1.807) is 0 Å². The minimum atomic E-state index is 0. The molecule has 2 nitrogen and oxygen atoms in total. The molecule has 0 aromatic heterocycles. The van der Waals surface area contributed by atoms with Crippen LogP contribution in [0.4, 0.5) is 0 Å². The maximum Gasteiger partial charge on any atom is 2.00 e. The van der Waals surface area contributed by atoms with Gasteiger partial charge in [0.25, 0.3) is 0 Å². The monoisotopic (exact) mass is 540 g/mol. The topological polar surface area (TPSA) is 6.48 Å². The number of benzene rings is 4. The maximum absolute atomic E-state index is 3.97. The van der Waals surface area contributed by atoms with Crippen LogP contribution in [0.1, 0.15) is 35.1 Å². The third-order valence-corrected chi connectivity index (χ3v) is 5.94. The fourth-order valence-electron chi connectivity index (χ4n) is 4.24. The zero-order chi connectivity index (χ0) is 25.3. The van der Waals surface area contributed by atoms with E-state index in [0.29, 0.717) is 0 Å². The molecule has 0 aliphatic heterocycles. The molecule has 0 spiro atoms. The minimum Gasteiger partial charge on any atom is -0.342 e. The SMILES string of the molecule is [CH2-]CCN(Cc1ccccc1)Cc1ccccc1.[CH2-]CCN(Cc1ccccc1)Cc1ccccc1.[Zn+2]. The molecule has 4 aromatic carbocycles. The summed E-state index contributed by atoms with van der Waals surface area (Å²) in [5.41, 5.74) is 5.45. The summed E-state index contributed by atoms with van der Waals surface area (Å²) in [7, 11) is 0. The predicted molar refractivity (Wildman–Crippen MR) is 154 cm³/mol. The van der Waals surface area contributed by atoms with Gasteiger partial charge in [-0.3, -0.25) is 9.80 Å². The molecule has 0 N–H and O–H groups in total. The normalized spacial score (nSPS) is 10.5. The Labute approximate surface area is 238 Å². The number of nitrogens with zero attached hydrogens (tertiary/aromatic N) is 2. The second-order valence-corrected chi connectivity index (χ2v) is 9.07. The standard InChI is InChI=1S/2C17H20N.Zn/c2*1-2-13-18(14-16-9-5-3-6-10-16)15-17-11-7-4-8-12-17;/h2*3-12H,1-2,13-15H2;/q2*-1;+2. The predicted octanol–water partition coefficient (Wildman–Crippen LogP) is 7.82. The fraction of sp³-hybridized carbons (Fsp3) is 0.235. The summed E-state index contributed by atoms with van der Waals surface area (Å²) in [6, 6.07) is 42.5. The molecule has 188 valence electrons. The van der Waals surface area contributed by atoms with Crippen LogP contribution in [-0.2, 0) is 45.7 Å². The van der Waals surface area contributed by atoms with Crippen molar-refractivity contribution in [3.8, 4) is 0 Å². The van der Waals surface area contributed by atoms with E-state index in [-0.39, 0.29) is 19.5 Å². The van der Waals surface area contributed by atoms with Crippen molar-refractivity contribution in [1.29, 1.82) is 0 Å². The van der Waals surface area contributed by atoms with Gasteiger partial charge in [-0.2, -0.15) is 12.8 Å². The van der Waals surface area contributed by atoms with E-state index >= 15 is 0 Å². The van der Waals surface area contributed by atoms with Crippen molar-refractivity contribution >= 4 is 0 Å². The zero-order valence-electron chi connectivity index (χ0n) is 22.2. The summed E-state index contributed by atoms with van der Waals surface area (Å²) in [6.45, 7) is 14.0. The van der Waals surface area contributed by atoms with Gasteiger partial charge in [-0.15, -0.1) is 0 Å². The maximum atomic E-state index is 3.97. The largest absolute Gasteiger partial charge is 2.00 e. The van der Waals surface area contributed by atoms with Crippen LogP contribution < -0.4 is 0 Å². The van der Waals surface area contributed by atoms with Crippen LogP contribution in [-0.4, -0.2) is 22.9 Å². The quantitative estimate of drug-likeness (QED) is 0.133. The van der Waals surface area contributed by atoms with Crippen molar-refractivity contribution in [2.24, 2.45) is 0 Å². The molecular formula is C34H40N2Zn. The van der Waals surface area contributed by atoms with Gasteiger partial charge in [0.05, 0.1) is 0 Å². The smallest absolute Gasteiger partial charge is 0.342 e. The summed E-state index contributed by atoms with van der Waals surface area (Å²) in [5, 5.41) is 0. The van der Waals surface area contributed by atoms with Crippen LogP contribution in [0.3, 0.4) is 0 Å². The molecule has 0 aliphatic carbocycles. The summed E-state index contributed by atoms with van der Waals surface area (Å²) < 4.78 is 0. The first-order chi connectivity index (χ1) is 17.8. The Hall–Kier alpha value is -2.58. The van der Waals surface area contributed by atoms with Crippen LogP contribution >= 0.6 is 0 Å². The molecule has 0 amide bonds. The van der Waals surface area contributed by atoms with Crippen molar-refractivity contribution in [3.05, 3.63) is 157 Å². The van der Waals surface area contributed by atoms with Gasteiger partial charge >= 0.3 is 19.5 Å². The summed E-state index contributed by atoms with van der Waals surface area (Å²) in [6.07, 6.45) is 1.89. The first-order valence-electron chi connectivity index (χ1n) is 13.0. The van der Waals surface area contributed by atoms with Gasteiger partial charge in [0.1, 0.15) is 0 Å². The second-order valence-electron chi connectivity index (χ2n) is 9.07. The van der Waals surface area contributed by atoms with E-state index in [4.69, 9.17) is 0 Å². The Morgan fingerprint density at radius 3 is 0.784 bits per heavy atom. The molecule has 3 heteroatoms. The zero-order valence-corrected chi connectivity index (χ0v) is 25.2. The van der Waals surface area contributed by atoms with Crippen LogP contribution in [0.5, 0.6) is 0 Å². The van der Waals surface area contributed by atoms with Crippen LogP contribution in [0.2, 0.25) is 0 Å². The minimum absolute atomic E-state index is 0. The van der Waals surface area contributed by atoms with E-state index in [1.807, 2.05) is 0 Å². The van der Waals surface area contributed by atoms with Crippen LogP contribution in [0.25, 0.3) is 0 Å². The van der Waals surface area contributed by atoms with Crippen LogP contribution in [0.15, 0.2) is 121 Å². The molecule has 0 atom stereocenters. The van der Waals surface area contributed by atoms with Gasteiger partial charge in [0, 0.05) is 26.2 Å². The van der Waals surface area contributed by atoms with Gasteiger partial charge in [0.15, 0.2) is 0 Å². The summed E-state index contributed by atoms with van der Waals surface area (Å²) in [4.78, 5) is 4.88. The van der Waals surface area contributed by atoms with Crippen molar-refractivity contribution in [2.45, 2.75) is 39.0 Å². The molecule has 4 aromatic rings. The Balaban J connectivity index is 0.000000253. The third-order valence-electron chi connectivity index (χ3n) is 5.94. The van der Waals surface area contributed by atoms with Crippen LogP contribution in [0, 0.1) is 13.8 Å². The van der Waals surface area contributed by atoms with Gasteiger partial charge in [-0.25, -0.2) is 0 Å². The van der Waals surface area contributed by atoms with Gasteiger partial charge < -0.3 is 13.8 Å². The first kappa shape index (κ1) is 30.6. The van der Waals surface area contributed by atoms with Crippen molar-refractivity contribution in [3.63, 3.8) is 0 Å². The number of rotatable bonds is 12.